The molecule has 2 atom stereocenters. The van der Waals surface area contributed by atoms with Gasteiger partial charge in [-0.3, -0.25) is 9.59 Å². The van der Waals surface area contributed by atoms with Gasteiger partial charge < -0.3 is 15.2 Å². The van der Waals surface area contributed by atoms with Crippen LogP contribution in [0.3, 0.4) is 0 Å². The maximum atomic E-state index is 12.1. The molecule has 0 bridgehead atoms. The summed E-state index contributed by atoms with van der Waals surface area (Å²) in [5.74, 6) is -1.08. The molecule has 0 spiro atoms. The summed E-state index contributed by atoms with van der Waals surface area (Å²) >= 11 is 0. The minimum absolute atomic E-state index is 0.0575. The van der Waals surface area contributed by atoms with Crippen LogP contribution in [0.25, 0.3) is 0 Å². The van der Waals surface area contributed by atoms with E-state index in [-0.39, 0.29) is 24.2 Å². The molecule has 0 aromatic rings. The van der Waals surface area contributed by atoms with Gasteiger partial charge in [0, 0.05) is 12.1 Å². The van der Waals surface area contributed by atoms with Gasteiger partial charge in [0.1, 0.15) is 0 Å². The number of carboxylic acid groups (broad SMARTS) is 1. The highest BCUT2D eigenvalue weighted by atomic mass is 16.5. The number of rotatable bonds is 5. The maximum Gasteiger partial charge on any atom is 0.305 e. The molecule has 18 heavy (non-hydrogen) atoms. The number of ether oxygens (including phenoxy) is 1. The van der Waals surface area contributed by atoms with Crippen LogP contribution in [0.5, 0.6) is 0 Å². The van der Waals surface area contributed by atoms with Gasteiger partial charge in [0.05, 0.1) is 18.9 Å². The number of hydrogen-bond acceptors (Lipinski definition) is 3. The summed E-state index contributed by atoms with van der Waals surface area (Å²) in [6.07, 6.45) is 1.63. The largest absolute Gasteiger partial charge is 0.481 e. The van der Waals surface area contributed by atoms with Crippen LogP contribution in [0, 0.1) is 11.8 Å². The molecule has 0 radical (unpaired) electrons. The highest BCUT2D eigenvalue weighted by Crippen LogP contribution is 2.23. The van der Waals surface area contributed by atoms with Crippen LogP contribution in [-0.4, -0.2) is 35.7 Å². The van der Waals surface area contributed by atoms with Gasteiger partial charge in [-0.2, -0.15) is 0 Å². The summed E-state index contributed by atoms with van der Waals surface area (Å²) in [7, 11) is 0. The molecule has 1 saturated heterocycles. The Morgan fingerprint density at radius 3 is 2.61 bits per heavy atom. The van der Waals surface area contributed by atoms with Crippen LogP contribution < -0.4 is 5.32 Å². The first-order valence-corrected chi connectivity index (χ1v) is 6.46. The summed E-state index contributed by atoms with van der Waals surface area (Å²) < 4.78 is 5.28. The number of carboxylic acids is 1. The molecule has 0 saturated carbocycles. The molecule has 5 heteroatoms. The van der Waals surface area contributed by atoms with Gasteiger partial charge in [0.25, 0.3) is 0 Å². The van der Waals surface area contributed by atoms with Crippen molar-refractivity contribution in [3.63, 3.8) is 0 Å². The van der Waals surface area contributed by atoms with Crippen LogP contribution in [0.1, 0.15) is 40.0 Å². The monoisotopic (exact) mass is 257 g/mol. The molecule has 0 aliphatic carbocycles. The average Bonchev–Trinajstić information content (AvgIpc) is 2.28. The van der Waals surface area contributed by atoms with E-state index < -0.39 is 11.5 Å². The lowest BCUT2D eigenvalue weighted by molar-refractivity contribution is -0.140. The quantitative estimate of drug-likeness (QED) is 0.781. The summed E-state index contributed by atoms with van der Waals surface area (Å²) in [6, 6.07) is 0. The van der Waals surface area contributed by atoms with E-state index >= 15 is 0 Å². The van der Waals surface area contributed by atoms with E-state index in [0.29, 0.717) is 13.2 Å². The van der Waals surface area contributed by atoms with E-state index in [9.17, 15) is 9.59 Å². The van der Waals surface area contributed by atoms with E-state index in [1.54, 1.807) is 6.92 Å². The first-order valence-electron chi connectivity index (χ1n) is 6.46. The Kier molecular flexibility index (Phi) is 5.14. The van der Waals surface area contributed by atoms with Crippen molar-refractivity contribution in [2.24, 2.45) is 11.8 Å². The maximum absolute atomic E-state index is 12.1. The van der Waals surface area contributed by atoms with Crippen molar-refractivity contribution in [2.45, 2.75) is 45.6 Å². The van der Waals surface area contributed by atoms with Crippen molar-refractivity contribution < 1.29 is 19.4 Å². The van der Waals surface area contributed by atoms with Gasteiger partial charge in [-0.1, -0.05) is 13.8 Å². The second-order valence-electron chi connectivity index (χ2n) is 5.55. The molecule has 1 aliphatic heterocycles. The number of carbonyl (C=O) groups excluding carboxylic acids is 1. The number of carbonyl (C=O) groups is 2. The molecule has 2 N–H and O–H groups in total. The molecule has 1 heterocycles. The third kappa shape index (κ3) is 3.98. The molecule has 0 aromatic heterocycles. The van der Waals surface area contributed by atoms with Gasteiger partial charge in [0.2, 0.25) is 5.91 Å². The zero-order valence-corrected chi connectivity index (χ0v) is 11.4. The molecule has 5 nitrogen and oxygen atoms in total. The minimum atomic E-state index is -0.897. The lowest BCUT2D eigenvalue weighted by Gasteiger charge is -2.35. The zero-order valence-electron chi connectivity index (χ0n) is 11.4. The van der Waals surface area contributed by atoms with E-state index in [2.05, 4.69) is 5.32 Å². The Labute approximate surface area is 108 Å². The summed E-state index contributed by atoms with van der Waals surface area (Å²) in [5.41, 5.74) is -0.708. The Morgan fingerprint density at radius 2 is 2.17 bits per heavy atom. The van der Waals surface area contributed by atoms with E-state index in [0.717, 1.165) is 12.8 Å². The van der Waals surface area contributed by atoms with Gasteiger partial charge in [-0.05, 0) is 25.7 Å². The first-order chi connectivity index (χ1) is 8.35. The van der Waals surface area contributed by atoms with Crippen LogP contribution >= 0.6 is 0 Å². The average molecular weight is 257 g/mol. The minimum Gasteiger partial charge on any atom is -0.481 e. The molecule has 1 amide bonds. The Balaban J connectivity index is 2.64. The van der Waals surface area contributed by atoms with Crippen molar-refractivity contribution in [1.29, 1.82) is 0 Å². The normalized spacial score (nSPS) is 23.4. The van der Waals surface area contributed by atoms with Crippen LogP contribution in [0.2, 0.25) is 0 Å². The highest BCUT2D eigenvalue weighted by Gasteiger charge is 2.35. The van der Waals surface area contributed by atoms with Gasteiger partial charge >= 0.3 is 5.97 Å². The fourth-order valence-electron chi connectivity index (χ4n) is 2.04. The third-order valence-corrected chi connectivity index (χ3v) is 3.73. The fraction of sp³-hybridized carbons (Fsp3) is 0.846. The summed E-state index contributed by atoms with van der Waals surface area (Å²) in [4.78, 5) is 23.0. The number of amides is 1. The Bertz CT molecular complexity index is 310. The van der Waals surface area contributed by atoms with Gasteiger partial charge in [-0.15, -0.1) is 0 Å². The molecular weight excluding hydrogens is 234 g/mol. The standard InChI is InChI=1S/C13H23NO4/c1-9(2)13(3,7-11(15)16)14-12(17)10-5-4-6-18-8-10/h9-10H,4-8H2,1-3H3,(H,14,17)(H,15,16). The molecule has 2 unspecified atom stereocenters. The number of nitrogens with one attached hydrogen (secondary N) is 1. The molecule has 1 rings (SSSR count). The van der Waals surface area contributed by atoms with Crippen LogP contribution in [0.4, 0.5) is 0 Å². The Morgan fingerprint density at radius 1 is 1.50 bits per heavy atom. The van der Waals surface area contributed by atoms with Crippen molar-refractivity contribution >= 4 is 11.9 Å². The van der Waals surface area contributed by atoms with Crippen molar-refractivity contribution in [3.05, 3.63) is 0 Å². The third-order valence-electron chi connectivity index (χ3n) is 3.73. The van der Waals surface area contributed by atoms with Crippen LogP contribution in [-0.2, 0) is 14.3 Å². The highest BCUT2D eigenvalue weighted by molar-refractivity contribution is 5.80. The van der Waals surface area contributed by atoms with E-state index in [1.165, 1.54) is 0 Å². The van der Waals surface area contributed by atoms with Gasteiger partial charge in [0.15, 0.2) is 0 Å². The second kappa shape index (κ2) is 6.18. The van der Waals surface area contributed by atoms with Crippen LogP contribution in [0.15, 0.2) is 0 Å². The number of aliphatic carboxylic acids is 1. The first kappa shape index (κ1) is 15.0. The van der Waals surface area contributed by atoms with Crippen molar-refractivity contribution in [3.8, 4) is 0 Å². The SMILES string of the molecule is CC(C)C(C)(CC(=O)O)NC(=O)C1CCCOC1. The molecular formula is C13H23NO4. The zero-order chi connectivity index (χ0) is 13.8. The van der Waals surface area contributed by atoms with Gasteiger partial charge in [-0.25, -0.2) is 0 Å². The summed E-state index contributed by atoms with van der Waals surface area (Å²) in [6.45, 7) is 6.77. The Hall–Kier alpha value is -1.10. The van der Waals surface area contributed by atoms with Crippen molar-refractivity contribution in [2.75, 3.05) is 13.2 Å². The summed E-state index contributed by atoms with van der Waals surface area (Å²) in [5, 5.41) is 11.8. The molecule has 1 fully saturated rings. The second-order valence-corrected chi connectivity index (χ2v) is 5.55. The molecule has 0 aromatic carbocycles. The molecule has 104 valence electrons. The van der Waals surface area contributed by atoms with Crippen molar-refractivity contribution in [1.82, 2.24) is 5.32 Å². The van der Waals surface area contributed by atoms with E-state index in [4.69, 9.17) is 9.84 Å². The van der Waals surface area contributed by atoms with E-state index in [1.807, 2.05) is 13.8 Å². The predicted octanol–water partition coefficient (Wildman–Crippen LogP) is 1.42. The lowest BCUT2D eigenvalue weighted by atomic mass is 9.84. The number of hydrogen-bond donors (Lipinski definition) is 2. The smallest absolute Gasteiger partial charge is 0.305 e. The lowest BCUT2D eigenvalue weighted by Crippen LogP contribution is -2.53. The molecule has 1 aliphatic rings. The fourth-order valence-corrected chi connectivity index (χ4v) is 2.04. The predicted molar refractivity (Wildman–Crippen MR) is 67.2 cm³/mol. The topological polar surface area (TPSA) is 75.6 Å².